The Balaban J connectivity index is 1.37. The van der Waals surface area contributed by atoms with E-state index < -0.39 is 54.1 Å². The third kappa shape index (κ3) is 5.04. The number of carbonyl (C=O) groups excluding carboxylic acids is 2. The minimum absolute atomic E-state index is 0.00967. The summed E-state index contributed by atoms with van der Waals surface area (Å²) in [4.78, 5) is 36.7. The summed E-state index contributed by atoms with van der Waals surface area (Å²) in [6.45, 7) is 0. The maximum Gasteiger partial charge on any atom is 0.408 e. The maximum atomic E-state index is 14.3. The first-order valence-corrected chi connectivity index (χ1v) is 14.3. The van der Waals surface area contributed by atoms with Crippen LogP contribution in [0.1, 0.15) is 83.6 Å². The van der Waals surface area contributed by atoms with Crippen LogP contribution in [0.3, 0.4) is 0 Å². The number of rotatable bonds is 8. The van der Waals surface area contributed by atoms with Gasteiger partial charge in [-0.2, -0.15) is 13.2 Å². The number of hydrogen-bond acceptors (Lipinski definition) is 7. The zero-order chi connectivity index (χ0) is 28.3. The molecule has 4 heterocycles. The number of halogens is 5. The summed E-state index contributed by atoms with van der Waals surface area (Å²) in [6, 6.07) is -1.48. The number of anilines is 1. The fraction of sp³-hybridized carbons (Fsp3) is 0.615. The third-order valence-corrected chi connectivity index (χ3v) is 9.52. The number of nitrogens with one attached hydrogen (secondary N) is 2. The van der Waals surface area contributed by atoms with Crippen molar-refractivity contribution in [1.29, 1.82) is 0 Å². The second-order valence-corrected chi connectivity index (χ2v) is 12.1. The number of nitrogens with zero attached hydrogens (tertiary/aromatic N) is 3. The minimum Gasteiger partial charge on any atom is -0.391 e. The summed E-state index contributed by atoms with van der Waals surface area (Å²) in [6.07, 6.45) is -2.17. The van der Waals surface area contributed by atoms with Crippen molar-refractivity contribution < 1.29 is 36.6 Å². The molecular weight excluding hydrogens is 557 g/mol. The molecule has 2 aromatic heterocycles. The first-order valence-electron chi connectivity index (χ1n) is 13.5. The van der Waals surface area contributed by atoms with Crippen LogP contribution in [-0.4, -0.2) is 68.2 Å². The van der Waals surface area contributed by atoms with E-state index in [0.717, 1.165) is 49.3 Å². The molecule has 4 fully saturated rings. The average Bonchev–Trinajstić information content (AvgIpc) is 3.34. The zero-order valence-corrected chi connectivity index (χ0v) is 22.1. The standard InChI is InChI=1S/C26H28F5N5O3S/c27-22(28)14-9-18(34-21(11-1-2-11)26(29,30)31)32-10-15(14)20-19(25(39)36-12-3-4-13(36)6-5-12)35-24(40-20)23(38)33-16-7-8-17(16)37/h9-13,16-17,21-22,37H,1-8H2,(H,32,34)(H,33,38)/t12?,13?,16-,17-,21+/m1/s1. The number of aliphatic hydroxyl groups is 1. The van der Waals surface area contributed by atoms with Crippen LogP contribution in [0.25, 0.3) is 10.4 Å². The summed E-state index contributed by atoms with van der Waals surface area (Å²) in [7, 11) is 0. The van der Waals surface area contributed by atoms with Crippen molar-refractivity contribution in [1.82, 2.24) is 20.2 Å². The highest BCUT2D eigenvalue weighted by Crippen LogP contribution is 2.44. The molecule has 40 heavy (non-hydrogen) atoms. The third-order valence-electron chi connectivity index (χ3n) is 8.43. The summed E-state index contributed by atoms with van der Waals surface area (Å²) in [5, 5.41) is 14.7. The average molecular weight is 586 g/mol. The van der Waals surface area contributed by atoms with Crippen molar-refractivity contribution in [2.45, 2.75) is 94.2 Å². The number of aromatic nitrogens is 2. The molecular formula is C26H28F5N5O3S. The van der Waals surface area contributed by atoms with Crippen molar-refractivity contribution in [2.24, 2.45) is 5.92 Å². The highest BCUT2D eigenvalue weighted by Gasteiger charge is 2.49. The van der Waals surface area contributed by atoms with Gasteiger partial charge in [0.2, 0.25) is 0 Å². The van der Waals surface area contributed by atoms with Gasteiger partial charge < -0.3 is 20.6 Å². The van der Waals surface area contributed by atoms with E-state index >= 15 is 0 Å². The number of pyridine rings is 1. The Labute approximate surface area is 230 Å². The van der Waals surface area contributed by atoms with Crippen LogP contribution in [0.5, 0.6) is 0 Å². The van der Waals surface area contributed by atoms with Gasteiger partial charge in [-0.15, -0.1) is 11.3 Å². The van der Waals surface area contributed by atoms with Gasteiger partial charge in [0.05, 0.1) is 17.0 Å². The Morgan fingerprint density at radius 3 is 2.25 bits per heavy atom. The molecule has 3 atom stereocenters. The lowest BCUT2D eigenvalue weighted by atomic mass is 9.89. The van der Waals surface area contributed by atoms with E-state index in [1.165, 1.54) is 0 Å². The van der Waals surface area contributed by atoms with E-state index in [-0.39, 0.29) is 39.0 Å². The van der Waals surface area contributed by atoms with Crippen LogP contribution in [0.2, 0.25) is 0 Å². The Hall–Kier alpha value is -2.87. The van der Waals surface area contributed by atoms with Crippen LogP contribution >= 0.6 is 11.3 Å². The van der Waals surface area contributed by atoms with Crippen molar-refractivity contribution >= 4 is 29.0 Å². The number of alkyl halides is 5. The number of fused-ring (bicyclic) bond motifs is 2. The van der Waals surface area contributed by atoms with Gasteiger partial charge in [0.15, 0.2) is 5.01 Å². The van der Waals surface area contributed by atoms with Crippen molar-refractivity contribution in [2.75, 3.05) is 5.32 Å². The first kappa shape index (κ1) is 27.3. The molecule has 4 aliphatic rings. The van der Waals surface area contributed by atoms with Gasteiger partial charge in [-0.3, -0.25) is 9.59 Å². The molecule has 0 spiro atoms. The van der Waals surface area contributed by atoms with E-state index in [9.17, 15) is 36.6 Å². The molecule has 2 aliphatic carbocycles. The highest BCUT2D eigenvalue weighted by molar-refractivity contribution is 7.17. The summed E-state index contributed by atoms with van der Waals surface area (Å²) in [5.41, 5.74) is -0.929. The van der Waals surface area contributed by atoms with E-state index in [1.54, 1.807) is 4.90 Å². The Bertz CT molecular complexity index is 1300. The lowest BCUT2D eigenvalue weighted by Gasteiger charge is -2.32. The molecule has 2 amide bonds. The van der Waals surface area contributed by atoms with E-state index in [4.69, 9.17) is 0 Å². The molecule has 2 aliphatic heterocycles. The minimum atomic E-state index is -4.57. The quantitative estimate of drug-likeness (QED) is 0.380. The Morgan fingerprint density at radius 1 is 1.05 bits per heavy atom. The van der Waals surface area contributed by atoms with Gasteiger partial charge in [-0.1, -0.05) is 0 Å². The van der Waals surface area contributed by atoms with Gasteiger partial charge in [-0.05, 0) is 63.4 Å². The number of thiazole rings is 1. The molecule has 0 unspecified atom stereocenters. The maximum absolute atomic E-state index is 14.3. The van der Waals surface area contributed by atoms with Crippen LogP contribution < -0.4 is 10.6 Å². The van der Waals surface area contributed by atoms with Gasteiger partial charge in [0, 0.05) is 29.4 Å². The number of aliphatic hydroxyl groups excluding tert-OH is 1. The molecule has 3 N–H and O–H groups in total. The second-order valence-electron chi connectivity index (χ2n) is 11.1. The molecule has 0 radical (unpaired) electrons. The molecule has 8 nitrogen and oxygen atoms in total. The van der Waals surface area contributed by atoms with Crippen LogP contribution in [0.4, 0.5) is 27.8 Å². The predicted molar refractivity (Wildman–Crippen MR) is 135 cm³/mol. The number of amides is 2. The van der Waals surface area contributed by atoms with Crippen LogP contribution in [0, 0.1) is 5.92 Å². The lowest BCUT2D eigenvalue weighted by molar-refractivity contribution is -0.146. The normalized spacial score (nSPS) is 26.6. The largest absolute Gasteiger partial charge is 0.408 e. The monoisotopic (exact) mass is 585 g/mol. The summed E-state index contributed by atoms with van der Waals surface area (Å²) < 4.78 is 69.3. The molecule has 2 bridgehead atoms. The molecule has 6 rings (SSSR count). The first-order chi connectivity index (χ1) is 19.0. The lowest BCUT2D eigenvalue weighted by Crippen LogP contribution is -2.50. The van der Waals surface area contributed by atoms with E-state index in [1.807, 2.05) is 0 Å². The van der Waals surface area contributed by atoms with Gasteiger partial charge >= 0.3 is 6.18 Å². The Morgan fingerprint density at radius 2 is 1.73 bits per heavy atom. The van der Waals surface area contributed by atoms with Gasteiger partial charge in [-0.25, -0.2) is 18.7 Å². The SMILES string of the molecule is O=C(N[C@@H]1CC[C@H]1O)c1nc(C(=O)N2C3CCC2CC3)c(-c2cnc(N[C@@H](C3CC3)C(F)(F)F)cc2C(F)F)s1. The molecule has 14 heteroatoms. The fourth-order valence-electron chi connectivity index (χ4n) is 5.97. The second kappa shape index (κ2) is 10.2. The predicted octanol–water partition coefficient (Wildman–Crippen LogP) is 4.92. The van der Waals surface area contributed by atoms with Gasteiger partial charge in [0.1, 0.15) is 17.6 Å². The smallest absolute Gasteiger partial charge is 0.391 e. The molecule has 2 aromatic rings. The van der Waals surface area contributed by atoms with Crippen LogP contribution in [-0.2, 0) is 0 Å². The summed E-state index contributed by atoms with van der Waals surface area (Å²) >= 11 is 0.753. The Kier molecular flexibility index (Phi) is 6.96. The van der Waals surface area contributed by atoms with Gasteiger partial charge in [0.25, 0.3) is 18.2 Å². The molecule has 2 saturated carbocycles. The van der Waals surface area contributed by atoms with Crippen molar-refractivity contribution in [3.63, 3.8) is 0 Å². The number of carbonyl (C=O) groups is 2. The van der Waals surface area contributed by atoms with Crippen molar-refractivity contribution in [3.8, 4) is 10.4 Å². The fourth-order valence-corrected chi connectivity index (χ4v) is 6.96. The summed E-state index contributed by atoms with van der Waals surface area (Å²) in [5.74, 6) is -2.10. The zero-order valence-electron chi connectivity index (χ0n) is 21.3. The molecule has 216 valence electrons. The van der Waals surface area contributed by atoms with E-state index in [0.29, 0.717) is 25.7 Å². The van der Waals surface area contributed by atoms with Crippen molar-refractivity contribution in [3.05, 3.63) is 28.5 Å². The highest BCUT2D eigenvalue weighted by atomic mass is 32.1. The molecule has 2 saturated heterocycles. The molecule has 0 aromatic carbocycles. The van der Waals surface area contributed by atoms with E-state index in [2.05, 4.69) is 20.6 Å². The number of hydrogen-bond donors (Lipinski definition) is 3. The topological polar surface area (TPSA) is 107 Å². The van der Waals surface area contributed by atoms with Crippen LogP contribution in [0.15, 0.2) is 12.3 Å².